The van der Waals surface area contributed by atoms with Crippen LogP contribution in [0.1, 0.15) is 38.7 Å². The van der Waals surface area contributed by atoms with Crippen molar-refractivity contribution in [3.8, 4) is 0 Å². The normalized spacial score (nSPS) is 17.3. The number of nitrogens with one attached hydrogen (secondary N) is 1. The number of halogens is 1. The molecule has 1 saturated carbocycles. The van der Waals surface area contributed by atoms with Crippen molar-refractivity contribution in [2.75, 3.05) is 0 Å². The van der Waals surface area contributed by atoms with Crippen molar-refractivity contribution in [2.45, 2.75) is 44.6 Å². The Morgan fingerprint density at radius 2 is 1.86 bits per heavy atom. The molecule has 114 valence electrons. The summed E-state index contributed by atoms with van der Waals surface area (Å²) in [7, 11) is 0. The lowest BCUT2D eigenvalue weighted by molar-refractivity contribution is -0.142. The first-order valence-corrected chi connectivity index (χ1v) is 7.53. The summed E-state index contributed by atoms with van der Waals surface area (Å²) in [4.78, 5) is 23.8. The third-order valence-electron chi connectivity index (χ3n) is 3.89. The molecule has 4 nitrogen and oxygen atoms in total. The molecule has 1 aromatic carbocycles. The molecule has 2 rings (SSSR count). The van der Waals surface area contributed by atoms with E-state index in [1.807, 2.05) is 26.0 Å². The Balaban J connectivity index is 2.11. The van der Waals surface area contributed by atoms with Crippen LogP contribution in [0.25, 0.3) is 0 Å². The van der Waals surface area contributed by atoms with Crippen LogP contribution in [-0.4, -0.2) is 23.0 Å². The zero-order valence-corrected chi connectivity index (χ0v) is 13.0. The first-order valence-electron chi connectivity index (χ1n) is 7.15. The van der Waals surface area contributed by atoms with E-state index in [-0.39, 0.29) is 11.8 Å². The van der Waals surface area contributed by atoms with Crippen LogP contribution in [0.15, 0.2) is 24.3 Å². The van der Waals surface area contributed by atoms with Gasteiger partial charge in [0.2, 0.25) is 5.91 Å². The van der Waals surface area contributed by atoms with E-state index in [9.17, 15) is 14.7 Å². The molecule has 5 heteroatoms. The lowest BCUT2D eigenvalue weighted by atomic mass is 9.94. The number of hydrogen-bond acceptors (Lipinski definition) is 2. The average molecular weight is 310 g/mol. The van der Waals surface area contributed by atoms with Crippen molar-refractivity contribution in [3.63, 3.8) is 0 Å². The summed E-state index contributed by atoms with van der Waals surface area (Å²) in [5.41, 5.74) is 0.327. The van der Waals surface area contributed by atoms with Crippen LogP contribution in [0, 0.1) is 5.92 Å². The second kappa shape index (κ2) is 6.06. The molecule has 1 aliphatic carbocycles. The van der Waals surface area contributed by atoms with Crippen LogP contribution < -0.4 is 5.32 Å². The number of carbonyl (C=O) groups excluding carboxylic acids is 1. The number of carboxylic acids is 1. The van der Waals surface area contributed by atoms with Crippen LogP contribution in [0.2, 0.25) is 5.02 Å². The van der Waals surface area contributed by atoms with E-state index >= 15 is 0 Å². The smallest absolute Gasteiger partial charge is 0.326 e. The van der Waals surface area contributed by atoms with Gasteiger partial charge in [0.15, 0.2) is 0 Å². The lowest BCUT2D eigenvalue weighted by Crippen LogP contribution is -2.46. The minimum atomic E-state index is -0.982. The third-order valence-corrected chi connectivity index (χ3v) is 4.14. The number of carboxylic acid groups (broad SMARTS) is 1. The largest absolute Gasteiger partial charge is 0.480 e. The minimum absolute atomic E-state index is 0.196. The number of amides is 1. The molecule has 1 amide bonds. The number of aliphatic carboxylic acids is 1. The van der Waals surface area contributed by atoms with Gasteiger partial charge in [-0.2, -0.15) is 0 Å². The Morgan fingerprint density at radius 3 is 2.29 bits per heavy atom. The summed E-state index contributed by atoms with van der Waals surface area (Å²) < 4.78 is 0. The van der Waals surface area contributed by atoms with Gasteiger partial charge in [0.1, 0.15) is 6.04 Å². The second-order valence-electron chi connectivity index (χ2n) is 6.08. The van der Waals surface area contributed by atoms with Gasteiger partial charge in [-0.1, -0.05) is 37.6 Å². The van der Waals surface area contributed by atoms with Crippen molar-refractivity contribution in [1.82, 2.24) is 5.32 Å². The van der Waals surface area contributed by atoms with Gasteiger partial charge >= 0.3 is 5.97 Å². The maximum Gasteiger partial charge on any atom is 0.326 e. The fraction of sp³-hybridized carbons (Fsp3) is 0.500. The quantitative estimate of drug-likeness (QED) is 0.849. The molecule has 0 aromatic heterocycles. The van der Waals surface area contributed by atoms with Crippen LogP contribution in [0.3, 0.4) is 0 Å². The number of carbonyl (C=O) groups is 2. The van der Waals surface area contributed by atoms with E-state index in [0.29, 0.717) is 11.4 Å². The summed E-state index contributed by atoms with van der Waals surface area (Å²) in [6.45, 7) is 3.88. The molecule has 0 aliphatic heterocycles. The fourth-order valence-corrected chi connectivity index (χ4v) is 2.66. The number of hydrogen-bond donors (Lipinski definition) is 2. The average Bonchev–Trinajstić information content (AvgIpc) is 3.19. The van der Waals surface area contributed by atoms with E-state index in [4.69, 9.17) is 11.6 Å². The molecule has 0 radical (unpaired) electrons. The summed E-state index contributed by atoms with van der Waals surface area (Å²) in [6.07, 6.45) is 1.92. The Morgan fingerprint density at radius 1 is 1.29 bits per heavy atom. The highest BCUT2D eigenvalue weighted by Gasteiger charge is 2.51. The van der Waals surface area contributed by atoms with Crippen LogP contribution in [0.5, 0.6) is 0 Å². The number of rotatable bonds is 6. The van der Waals surface area contributed by atoms with E-state index in [0.717, 1.165) is 18.4 Å². The molecule has 2 N–H and O–H groups in total. The highest BCUT2D eigenvalue weighted by Crippen LogP contribution is 2.48. The maximum atomic E-state index is 12.5. The van der Waals surface area contributed by atoms with Crippen molar-refractivity contribution in [2.24, 2.45) is 5.92 Å². The monoisotopic (exact) mass is 309 g/mol. The van der Waals surface area contributed by atoms with Crippen LogP contribution in [0.4, 0.5) is 0 Å². The molecule has 1 unspecified atom stereocenters. The number of benzene rings is 1. The summed E-state index contributed by atoms with van der Waals surface area (Å²) in [5, 5.41) is 12.5. The topological polar surface area (TPSA) is 66.4 Å². The van der Waals surface area contributed by atoms with Gasteiger partial charge in [0.25, 0.3) is 0 Å². The van der Waals surface area contributed by atoms with Crippen molar-refractivity contribution >= 4 is 23.5 Å². The van der Waals surface area contributed by atoms with Gasteiger partial charge in [-0.05, 0) is 42.9 Å². The second-order valence-corrected chi connectivity index (χ2v) is 6.52. The fourth-order valence-electron chi connectivity index (χ4n) is 2.53. The Bertz CT molecular complexity index is 535. The molecule has 1 fully saturated rings. The van der Waals surface area contributed by atoms with Crippen molar-refractivity contribution < 1.29 is 14.7 Å². The predicted molar refractivity (Wildman–Crippen MR) is 81.4 cm³/mol. The van der Waals surface area contributed by atoms with Crippen LogP contribution >= 0.6 is 11.6 Å². The zero-order chi connectivity index (χ0) is 15.6. The SMILES string of the molecule is CC(C)CC(NC(=O)C1(c2ccc(Cl)cc2)CC1)C(=O)O. The van der Waals surface area contributed by atoms with E-state index in [1.54, 1.807) is 12.1 Å². The molecule has 1 atom stereocenters. The summed E-state index contributed by atoms with van der Waals surface area (Å²) in [5.74, 6) is -0.973. The highest BCUT2D eigenvalue weighted by molar-refractivity contribution is 6.30. The van der Waals surface area contributed by atoms with E-state index in [1.165, 1.54) is 0 Å². The first-order chi connectivity index (χ1) is 9.85. The molecule has 0 heterocycles. The summed E-state index contributed by atoms with van der Waals surface area (Å²) >= 11 is 5.87. The summed E-state index contributed by atoms with van der Waals surface area (Å²) in [6, 6.07) is 6.36. The van der Waals surface area contributed by atoms with Gasteiger partial charge in [-0.15, -0.1) is 0 Å². The Hall–Kier alpha value is -1.55. The minimum Gasteiger partial charge on any atom is -0.480 e. The van der Waals surface area contributed by atoms with Crippen molar-refractivity contribution in [1.29, 1.82) is 0 Å². The zero-order valence-electron chi connectivity index (χ0n) is 12.2. The highest BCUT2D eigenvalue weighted by atomic mass is 35.5. The van der Waals surface area contributed by atoms with E-state index in [2.05, 4.69) is 5.32 Å². The molecule has 0 bridgehead atoms. The molecule has 1 aromatic rings. The molecule has 0 saturated heterocycles. The molecule has 1 aliphatic rings. The first kappa shape index (κ1) is 15.8. The molecular weight excluding hydrogens is 290 g/mol. The Kier molecular flexibility index (Phi) is 4.57. The van der Waals surface area contributed by atoms with Gasteiger partial charge in [0.05, 0.1) is 5.41 Å². The van der Waals surface area contributed by atoms with Gasteiger partial charge in [0, 0.05) is 5.02 Å². The predicted octanol–water partition coefficient (Wildman–Crippen LogP) is 2.99. The van der Waals surface area contributed by atoms with Gasteiger partial charge < -0.3 is 10.4 Å². The molecule has 21 heavy (non-hydrogen) atoms. The standard InChI is InChI=1S/C16H20ClNO3/c1-10(2)9-13(14(19)20)18-15(21)16(7-8-16)11-3-5-12(17)6-4-11/h3-6,10,13H,7-9H2,1-2H3,(H,18,21)(H,19,20). The van der Waals surface area contributed by atoms with Crippen molar-refractivity contribution in [3.05, 3.63) is 34.9 Å². The third kappa shape index (κ3) is 3.56. The van der Waals surface area contributed by atoms with Gasteiger partial charge in [-0.3, -0.25) is 4.79 Å². The maximum absolute atomic E-state index is 12.5. The van der Waals surface area contributed by atoms with Gasteiger partial charge in [-0.25, -0.2) is 4.79 Å². The Labute approximate surface area is 129 Å². The molecule has 0 spiro atoms. The molecular formula is C16H20ClNO3. The lowest BCUT2D eigenvalue weighted by Gasteiger charge is -2.21. The van der Waals surface area contributed by atoms with Crippen LogP contribution in [-0.2, 0) is 15.0 Å². The van der Waals surface area contributed by atoms with E-state index < -0.39 is 17.4 Å².